The first-order chi connectivity index (χ1) is 8.59. The molecule has 2 rings (SSSR count). The highest BCUT2D eigenvalue weighted by atomic mass is 16.2. The Labute approximate surface area is 105 Å². The van der Waals surface area contributed by atoms with Gasteiger partial charge in [-0.05, 0) is 19.4 Å². The molecule has 18 heavy (non-hydrogen) atoms. The van der Waals surface area contributed by atoms with E-state index in [0.717, 1.165) is 5.56 Å². The Morgan fingerprint density at radius 1 is 1.39 bits per heavy atom. The fraction of sp³-hybridized carbons (Fsp3) is 0.231. The van der Waals surface area contributed by atoms with Crippen LogP contribution < -0.4 is 11.1 Å². The van der Waals surface area contributed by atoms with Crippen molar-refractivity contribution >= 4 is 11.6 Å². The van der Waals surface area contributed by atoms with Gasteiger partial charge in [-0.2, -0.15) is 5.10 Å². The molecule has 0 saturated carbocycles. The first-order valence-corrected chi connectivity index (χ1v) is 5.76. The van der Waals surface area contributed by atoms with Gasteiger partial charge in [0.1, 0.15) is 0 Å². The molecule has 4 N–H and O–H groups in total. The Hall–Kier alpha value is -2.30. The lowest BCUT2D eigenvalue weighted by molar-refractivity contribution is 0.0935. The van der Waals surface area contributed by atoms with Crippen LogP contribution in [-0.4, -0.2) is 16.1 Å². The molecule has 1 aromatic carbocycles. The van der Waals surface area contributed by atoms with Crippen molar-refractivity contribution in [3.63, 3.8) is 0 Å². The second-order valence-corrected chi connectivity index (χ2v) is 4.22. The van der Waals surface area contributed by atoms with Gasteiger partial charge in [0.25, 0.3) is 5.91 Å². The van der Waals surface area contributed by atoms with E-state index in [4.69, 9.17) is 5.73 Å². The number of amides is 1. The summed E-state index contributed by atoms with van der Waals surface area (Å²) >= 11 is 0. The van der Waals surface area contributed by atoms with E-state index < -0.39 is 0 Å². The van der Waals surface area contributed by atoms with Crippen molar-refractivity contribution in [2.45, 2.75) is 19.9 Å². The van der Waals surface area contributed by atoms with E-state index in [2.05, 4.69) is 15.5 Å². The summed E-state index contributed by atoms with van der Waals surface area (Å²) in [6.45, 7) is 3.70. The van der Waals surface area contributed by atoms with Crippen LogP contribution in [0.5, 0.6) is 0 Å². The fourth-order valence-electron chi connectivity index (χ4n) is 1.70. The zero-order valence-corrected chi connectivity index (χ0v) is 10.4. The van der Waals surface area contributed by atoms with Gasteiger partial charge in [0.15, 0.2) is 5.69 Å². The van der Waals surface area contributed by atoms with Crippen LogP contribution in [0, 0.1) is 6.92 Å². The molecule has 0 saturated heterocycles. The molecule has 0 aliphatic carbocycles. The topological polar surface area (TPSA) is 83.8 Å². The first kappa shape index (κ1) is 12.2. The average Bonchev–Trinajstić information content (AvgIpc) is 2.71. The van der Waals surface area contributed by atoms with Gasteiger partial charge in [0.2, 0.25) is 0 Å². The second kappa shape index (κ2) is 4.91. The first-order valence-electron chi connectivity index (χ1n) is 5.76. The molecule has 1 heterocycles. The number of hydrogen-bond donors (Lipinski definition) is 3. The monoisotopic (exact) mass is 244 g/mol. The number of aromatic nitrogens is 2. The maximum absolute atomic E-state index is 12.0. The average molecular weight is 244 g/mol. The van der Waals surface area contributed by atoms with Gasteiger partial charge >= 0.3 is 0 Å². The largest absolute Gasteiger partial charge is 0.395 e. The predicted molar refractivity (Wildman–Crippen MR) is 70.1 cm³/mol. The second-order valence-electron chi connectivity index (χ2n) is 4.22. The molecule has 5 heteroatoms. The van der Waals surface area contributed by atoms with Crippen LogP contribution in [0.1, 0.15) is 34.7 Å². The third-order valence-electron chi connectivity index (χ3n) is 2.86. The van der Waals surface area contributed by atoms with E-state index in [9.17, 15) is 4.79 Å². The zero-order valence-electron chi connectivity index (χ0n) is 10.4. The number of rotatable bonds is 3. The molecule has 0 aliphatic heterocycles. The van der Waals surface area contributed by atoms with Crippen molar-refractivity contribution in [3.05, 3.63) is 47.3 Å². The van der Waals surface area contributed by atoms with E-state index in [1.807, 2.05) is 37.3 Å². The summed E-state index contributed by atoms with van der Waals surface area (Å²) in [5.74, 6) is -0.270. The van der Waals surface area contributed by atoms with E-state index in [1.165, 1.54) is 0 Å². The van der Waals surface area contributed by atoms with Gasteiger partial charge in [0, 0.05) is 0 Å². The Bertz CT molecular complexity index is 547. The summed E-state index contributed by atoms with van der Waals surface area (Å²) in [6, 6.07) is 9.65. The van der Waals surface area contributed by atoms with Gasteiger partial charge in [-0.3, -0.25) is 9.89 Å². The van der Waals surface area contributed by atoms with E-state index >= 15 is 0 Å². The summed E-state index contributed by atoms with van der Waals surface area (Å²) in [5, 5.41) is 9.46. The number of carbonyl (C=O) groups is 1. The molecule has 0 bridgehead atoms. The number of nitrogens with one attached hydrogen (secondary N) is 2. The van der Waals surface area contributed by atoms with E-state index in [1.54, 1.807) is 6.92 Å². The number of H-pyrrole nitrogens is 1. The van der Waals surface area contributed by atoms with Crippen LogP contribution >= 0.6 is 0 Å². The normalized spacial score (nSPS) is 12.1. The maximum Gasteiger partial charge on any atom is 0.274 e. The highest BCUT2D eigenvalue weighted by Gasteiger charge is 2.17. The molecular weight excluding hydrogens is 228 g/mol. The summed E-state index contributed by atoms with van der Waals surface area (Å²) in [7, 11) is 0. The van der Waals surface area contributed by atoms with Gasteiger partial charge in [-0.1, -0.05) is 30.3 Å². The van der Waals surface area contributed by atoms with Crippen LogP contribution in [0.2, 0.25) is 0 Å². The minimum absolute atomic E-state index is 0.0879. The van der Waals surface area contributed by atoms with Crippen molar-refractivity contribution in [3.8, 4) is 0 Å². The minimum Gasteiger partial charge on any atom is -0.395 e. The molecule has 5 nitrogen and oxygen atoms in total. The Morgan fingerprint density at radius 2 is 2.06 bits per heavy atom. The molecule has 1 amide bonds. The minimum atomic E-state index is -0.270. The standard InChI is InChI=1S/C13H16N4O/c1-8(10-6-4-3-5-7-10)15-13(18)12-11(14)9(2)16-17-12/h3-8H,14H2,1-2H3,(H,15,18)(H,16,17)/t8-/m1/s1. The maximum atomic E-state index is 12.0. The molecule has 2 aromatic rings. The third kappa shape index (κ3) is 2.34. The predicted octanol–water partition coefficient (Wildman–Crippen LogP) is 1.79. The number of nitrogen functional groups attached to an aromatic ring is 1. The number of nitrogens with two attached hydrogens (primary N) is 1. The summed E-state index contributed by atoms with van der Waals surface area (Å²) in [6.07, 6.45) is 0. The Kier molecular flexibility index (Phi) is 3.32. The number of anilines is 1. The lowest BCUT2D eigenvalue weighted by Crippen LogP contribution is -2.27. The van der Waals surface area contributed by atoms with Gasteiger partial charge in [-0.25, -0.2) is 0 Å². The van der Waals surface area contributed by atoms with Crippen molar-refractivity contribution in [2.75, 3.05) is 5.73 Å². The molecule has 94 valence electrons. The summed E-state index contributed by atoms with van der Waals surface area (Å²) in [5.41, 5.74) is 8.15. The zero-order chi connectivity index (χ0) is 13.1. The van der Waals surface area contributed by atoms with Crippen LogP contribution in [-0.2, 0) is 0 Å². The molecular formula is C13H16N4O. The molecule has 0 radical (unpaired) electrons. The van der Waals surface area contributed by atoms with Crippen LogP contribution in [0.25, 0.3) is 0 Å². The molecule has 0 spiro atoms. The third-order valence-corrected chi connectivity index (χ3v) is 2.86. The SMILES string of the molecule is Cc1[nH]nc(C(=O)N[C@H](C)c2ccccc2)c1N. The summed E-state index contributed by atoms with van der Waals surface area (Å²) in [4.78, 5) is 12.0. The number of aromatic amines is 1. The Balaban J connectivity index is 2.11. The van der Waals surface area contributed by atoms with Crippen molar-refractivity contribution < 1.29 is 4.79 Å². The summed E-state index contributed by atoms with van der Waals surface area (Å²) < 4.78 is 0. The molecule has 0 unspecified atom stereocenters. The number of benzene rings is 1. The highest BCUT2D eigenvalue weighted by Crippen LogP contribution is 2.15. The quantitative estimate of drug-likeness (QED) is 0.769. The smallest absolute Gasteiger partial charge is 0.274 e. The molecule has 0 fully saturated rings. The number of carbonyl (C=O) groups excluding carboxylic acids is 1. The van der Waals surface area contributed by atoms with Crippen molar-refractivity contribution in [1.82, 2.24) is 15.5 Å². The van der Waals surface area contributed by atoms with Gasteiger partial charge in [-0.15, -0.1) is 0 Å². The van der Waals surface area contributed by atoms with Crippen LogP contribution in [0.15, 0.2) is 30.3 Å². The Morgan fingerprint density at radius 3 is 2.61 bits per heavy atom. The van der Waals surface area contributed by atoms with Gasteiger partial charge in [0.05, 0.1) is 17.4 Å². The highest BCUT2D eigenvalue weighted by molar-refractivity contribution is 5.97. The molecule has 0 aliphatic rings. The lowest BCUT2D eigenvalue weighted by atomic mass is 10.1. The van der Waals surface area contributed by atoms with E-state index in [-0.39, 0.29) is 17.6 Å². The number of aryl methyl sites for hydroxylation is 1. The molecule has 1 aromatic heterocycles. The van der Waals surface area contributed by atoms with Crippen molar-refractivity contribution in [1.29, 1.82) is 0 Å². The number of hydrogen-bond acceptors (Lipinski definition) is 3. The number of nitrogens with zero attached hydrogens (tertiary/aromatic N) is 1. The fourth-order valence-corrected chi connectivity index (χ4v) is 1.70. The lowest BCUT2D eigenvalue weighted by Gasteiger charge is -2.13. The molecule has 1 atom stereocenters. The van der Waals surface area contributed by atoms with E-state index in [0.29, 0.717) is 11.4 Å². The van der Waals surface area contributed by atoms with Gasteiger partial charge < -0.3 is 11.1 Å². The van der Waals surface area contributed by atoms with Crippen LogP contribution in [0.3, 0.4) is 0 Å². The van der Waals surface area contributed by atoms with Crippen LogP contribution in [0.4, 0.5) is 5.69 Å². The van der Waals surface area contributed by atoms with Crippen molar-refractivity contribution in [2.24, 2.45) is 0 Å².